The summed E-state index contributed by atoms with van der Waals surface area (Å²) in [6.07, 6.45) is 0.239. The zero-order valence-corrected chi connectivity index (χ0v) is 15.0. The number of ether oxygens (including phenoxy) is 1. The van der Waals surface area contributed by atoms with Gasteiger partial charge in [0, 0.05) is 0 Å². The Balaban J connectivity index is 2.26. The molecule has 1 fully saturated rings. The molecule has 1 aliphatic rings. The fourth-order valence-electron chi connectivity index (χ4n) is 2.87. The van der Waals surface area contributed by atoms with Gasteiger partial charge in [0.2, 0.25) is 0 Å². The molecule has 1 aliphatic heterocycles. The lowest BCUT2D eigenvalue weighted by Gasteiger charge is -2.35. The van der Waals surface area contributed by atoms with E-state index < -0.39 is 21.7 Å². The molecule has 0 amide bonds. The van der Waals surface area contributed by atoms with E-state index in [0.29, 0.717) is 18.4 Å². The quantitative estimate of drug-likeness (QED) is 0.433. The maximum atomic E-state index is 12.5. The zero-order chi connectivity index (χ0) is 18.8. The summed E-state index contributed by atoms with van der Waals surface area (Å²) in [6.45, 7) is 4.97. The van der Waals surface area contributed by atoms with Crippen LogP contribution in [0.5, 0.6) is 0 Å². The lowest BCUT2D eigenvalue weighted by atomic mass is 9.88. The lowest BCUT2D eigenvalue weighted by molar-refractivity contribution is -0.0545. The first kappa shape index (κ1) is 19.8. The van der Waals surface area contributed by atoms with Crippen molar-refractivity contribution in [1.29, 1.82) is 0 Å². The van der Waals surface area contributed by atoms with E-state index in [1.54, 1.807) is 0 Å². The van der Waals surface area contributed by atoms with Crippen molar-refractivity contribution in [3.05, 3.63) is 47.2 Å². The maximum Gasteiger partial charge on any atom is 0.534 e. The van der Waals surface area contributed by atoms with Crippen LogP contribution in [0.4, 0.5) is 13.2 Å². The van der Waals surface area contributed by atoms with Crippen LogP contribution in [0.15, 0.2) is 41.7 Å². The molecular weight excluding hydrogens is 357 g/mol. The molecule has 0 bridgehead atoms. The van der Waals surface area contributed by atoms with Gasteiger partial charge in [-0.3, -0.25) is 0 Å². The van der Waals surface area contributed by atoms with Crippen LogP contribution in [-0.4, -0.2) is 20.0 Å². The van der Waals surface area contributed by atoms with Gasteiger partial charge in [0.25, 0.3) is 0 Å². The predicted molar refractivity (Wildman–Crippen MR) is 86.9 cm³/mol. The van der Waals surface area contributed by atoms with Crippen molar-refractivity contribution in [2.24, 2.45) is 5.92 Å². The number of hydrogen-bond acceptors (Lipinski definition) is 4. The largest absolute Gasteiger partial charge is 0.534 e. The summed E-state index contributed by atoms with van der Waals surface area (Å²) in [7, 11) is -5.67. The molecule has 0 aromatic heterocycles. The number of alkyl halides is 3. The highest BCUT2D eigenvalue weighted by Gasteiger charge is 2.49. The molecule has 0 aliphatic carbocycles. The second-order valence-corrected chi connectivity index (χ2v) is 7.84. The van der Waals surface area contributed by atoms with Crippen LogP contribution < -0.4 is 0 Å². The lowest BCUT2D eigenvalue weighted by Crippen LogP contribution is -2.32. The summed E-state index contributed by atoms with van der Waals surface area (Å²) in [6, 6.07) is 9.51. The van der Waals surface area contributed by atoms with Gasteiger partial charge in [-0.25, -0.2) is 0 Å². The van der Waals surface area contributed by atoms with Crippen molar-refractivity contribution in [1.82, 2.24) is 0 Å². The van der Waals surface area contributed by atoms with E-state index in [1.807, 2.05) is 44.2 Å². The second kappa shape index (κ2) is 7.37. The van der Waals surface area contributed by atoms with Gasteiger partial charge in [-0.05, 0) is 36.8 Å². The Kier molecular flexibility index (Phi) is 5.83. The van der Waals surface area contributed by atoms with Crippen molar-refractivity contribution in [3.63, 3.8) is 0 Å². The van der Waals surface area contributed by atoms with E-state index in [1.165, 1.54) is 6.92 Å². The minimum absolute atomic E-state index is 0.0475. The van der Waals surface area contributed by atoms with Crippen molar-refractivity contribution in [3.8, 4) is 0 Å². The molecule has 0 N–H and O–H groups in total. The van der Waals surface area contributed by atoms with Crippen molar-refractivity contribution in [2.45, 2.75) is 51.3 Å². The minimum Gasteiger partial charge on any atom is -0.381 e. The average molecular weight is 378 g/mol. The zero-order valence-electron chi connectivity index (χ0n) is 14.2. The Morgan fingerprint density at radius 3 is 2.36 bits per heavy atom. The van der Waals surface area contributed by atoms with E-state index in [0.717, 1.165) is 5.56 Å². The molecular formula is C17H21F3O4S. The van der Waals surface area contributed by atoms with Crippen LogP contribution in [0.2, 0.25) is 0 Å². The summed E-state index contributed by atoms with van der Waals surface area (Å²) >= 11 is 0. The summed E-state index contributed by atoms with van der Waals surface area (Å²) in [5.74, 6) is -0.309. The Hall–Kier alpha value is -1.54. The third-order valence-electron chi connectivity index (χ3n) is 4.08. The van der Waals surface area contributed by atoms with Gasteiger partial charge in [0.05, 0.1) is 12.2 Å². The van der Waals surface area contributed by atoms with Gasteiger partial charge in [-0.1, -0.05) is 44.2 Å². The molecule has 1 heterocycles. The summed E-state index contributed by atoms with van der Waals surface area (Å²) in [4.78, 5) is 0. The molecule has 25 heavy (non-hydrogen) atoms. The van der Waals surface area contributed by atoms with Crippen molar-refractivity contribution in [2.75, 3.05) is 0 Å². The Morgan fingerprint density at radius 2 is 1.84 bits per heavy atom. The van der Waals surface area contributed by atoms with Crippen LogP contribution >= 0.6 is 0 Å². The van der Waals surface area contributed by atoms with E-state index >= 15 is 0 Å². The number of benzene rings is 1. The molecule has 1 aromatic rings. The predicted octanol–water partition coefficient (Wildman–Crippen LogP) is 4.70. The average Bonchev–Trinajstić information content (AvgIpc) is 2.53. The molecule has 1 saturated heterocycles. The van der Waals surface area contributed by atoms with Gasteiger partial charge in [0.15, 0.2) is 0 Å². The first-order valence-corrected chi connectivity index (χ1v) is 9.34. The van der Waals surface area contributed by atoms with Crippen molar-refractivity contribution < 1.29 is 30.5 Å². The SMILES string of the molecule is CC(OS(=O)(=O)C(F)(F)F)=C1CCC(c2ccccc2)OC1C(C)C. The first-order valence-electron chi connectivity index (χ1n) is 7.93. The summed E-state index contributed by atoms with van der Waals surface area (Å²) < 4.78 is 70.5. The molecule has 8 heteroatoms. The van der Waals surface area contributed by atoms with Gasteiger partial charge in [0.1, 0.15) is 5.76 Å². The summed E-state index contributed by atoms with van der Waals surface area (Å²) in [5.41, 5.74) is -4.02. The number of allylic oxidation sites excluding steroid dienone is 1. The molecule has 4 nitrogen and oxygen atoms in total. The highest BCUT2D eigenvalue weighted by atomic mass is 32.2. The Morgan fingerprint density at radius 1 is 1.24 bits per heavy atom. The highest BCUT2D eigenvalue weighted by Crippen LogP contribution is 2.39. The normalized spacial score (nSPS) is 24.3. The highest BCUT2D eigenvalue weighted by molar-refractivity contribution is 7.87. The van der Waals surface area contributed by atoms with E-state index in [4.69, 9.17) is 4.74 Å². The molecule has 0 spiro atoms. The fraction of sp³-hybridized carbons (Fsp3) is 0.529. The molecule has 0 saturated carbocycles. The van der Waals surface area contributed by atoms with Crippen LogP contribution in [0, 0.1) is 5.92 Å². The third-order valence-corrected chi connectivity index (χ3v) is 5.11. The van der Waals surface area contributed by atoms with Gasteiger partial charge in [-0.15, -0.1) is 0 Å². The van der Waals surface area contributed by atoms with Crippen molar-refractivity contribution >= 4 is 10.1 Å². The topological polar surface area (TPSA) is 52.6 Å². The van der Waals surface area contributed by atoms with Crippen LogP contribution in [-0.2, 0) is 19.0 Å². The molecule has 2 unspecified atom stereocenters. The second-order valence-electron chi connectivity index (χ2n) is 6.30. The van der Waals surface area contributed by atoms with Gasteiger partial charge >= 0.3 is 15.6 Å². The van der Waals surface area contributed by atoms with E-state index in [2.05, 4.69) is 4.18 Å². The third kappa shape index (κ3) is 4.55. The molecule has 140 valence electrons. The summed E-state index contributed by atoms with van der Waals surface area (Å²) in [5, 5.41) is 0. The Labute approximate surface area is 145 Å². The number of halogens is 3. The molecule has 0 radical (unpaired) electrons. The molecule has 2 rings (SSSR count). The molecule has 1 aromatic carbocycles. The molecule has 2 atom stereocenters. The number of rotatable bonds is 4. The van der Waals surface area contributed by atoms with Crippen LogP contribution in [0.3, 0.4) is 0 Å². The van der Waals surface area contributed by atoms with Crippen LogP contribution in [0.1, 0.15) is 45.3 Å². The Bertz CT molecular complexity index is 724. The fourth-order valence-corrected chi connectivity index (χ4v) is 3.40. The van der Waals surface area contributed by atoms with Gasteiger partial charge < -0.3 is 8.92 Å². The van der Waals surface area contributed by atoms with Crippen LogP contribution in [0.25, 0.3) is 0 Å². The van der Waals surface area contributed by atoms with E-state index in [9.17, 15) is 21.6 Å². The first-order chi connectivity index (χ1) is 11.5. The van der Waals surface area contributed by atoms with E-state index in [-0.39, 0.29) is 17.8 Å². The van der Waals surface area contributed by atoms with Gasteiger partial charge in [-0.2, -0.15) is 21.6 Å². The monoisotopic (exact) mass is 378 g/mol. The number of hydrogen-bond donors (Lipinski definition) is 0. The smallest absolute Gasteiger partial charge is 0.381 e. The standard InChI is InChI=1S/C17H21F3O4S/c1-11(2)16-14(12(3)24-25(21,22)17(18,19)20)9-10-15(23-16)13-7-5-4-6-8-13/h4-8,11,15-16H,9-10H2,1-3H3. The minimum atomic E-state index is -5.67. The maximum absolute atomic E-state index is 12.5.